The van der Waals surface area contributed by atoms with Crippen molar-refractivity contribution in [2.24, 2.45) is 0 Å². The summed E-state index contributed by atoms with van der Waals surface area (Å²) in [6.45, 7) is 3.10. The van der Waals surface area contributed by atoms with Crippen LogP contribution in [0.2, 0.25) is 0 Å². The van der Waals surface area contributed by atoms with E-state index in [0.717, 1.165) is 19.4 Å². The Kier molecular flexibility index (Phi) is 4.72. The molecular weight excluding hydrogens is 291 g/mol. The first-order valence-electron chi connectivity index (χ1n) is 7.96. The number of halogens is 1. The van der Waals surface area contributed by atoms with Gasteiger partial charge >= 0.3 is 0 Å². The van der Waals surface area contributed by atoms with Gasteiger partial charge in [0, 0.05) is 12.6 Å². The van der Waals surface area contributed by atoms with E-state index in [1.807, 2.05) is 6.07 Å². The van der Waals surface area contributed by atoms with E-state index in [4.69, 9.17) is 0 Å². The van der Waals surface area contributed by atoms with E-state index in [1.54, 1.807) is 18.2 Å². The zero-order valence-electron chi connectivity index (χ0n) is 13.3. The van der Waals surface area contributed by atoms with E-state index in [2.05, 4.69) is 35.3 Å². The number of carbonyl (C=O) groups is 1. The lowest BCUT2D eigenvalue weighted by Gasteiger charge is -2.21. The summed E-state index contributed by atoms with van der Waals surface area (Å²) in [7, 11) is 0. The first kappa shape index (κ1) is 15.7. The average Bonchev–Trinajstić information content (AvgIpc) is 3.34. The Bertz CT molecular complexity index is 697. The van der Waals surface area contributed by atoms with Crippen LogP contribution in [0, 0.1) is 12.7 Å². The minimum atomic E-state index is -0.405. The number of nitrogens with one attached hydrogen (secondary N) is 1. The van der Waals surface area contributed by atoms with Gasteiger partial charge in [-0.15, -0.1) is 0 Å². The van der Waals surface area contributed by atoms with E-state index >= 15 is 0 Å². The smallest absolute Gasteiger partial charge is 0.238 e. The van der Waals surface area contributed by atoms with Gasteiger partial charge in [-0.2, -0.15) is 0 Å². The molecule has 0 heterocycles. The van der Waals surface area contributed by atoms with Crippen molar-refractivity contribution in [2.45, 2.75) is 32.4 Å². The molecule has 0 atom stereocenters. The van der Waals surface area contributed by atoms with Gasteiger partial charge in [0.2, 0.25) is 5.91 Å². The first-order valence-corrected chi connectivity index (χ1v) is 7.96. The fraction of sp³-hybridized carbons (Fsp3) is 0.316. The third kappa shape index (κ3) is 4.39. The van der Waals surface area contributed by atoms with Crippen LogP contribution in [0.1, 0.15) is 24.0 Å². The fourth-order valence-electron chi connectivity index (χ4n) is 2.74. The summed E-state index contributed by atoms with van der Waals surface area (Å²) in [6.07, 6.45) is 2.25. The van der Waals surface area contributed by atoms with E-state index in [9.17, 15) is 9.18 Å². The Labute approximate surface area is 136 Å². The molecule has 0 spiro atoms. The Morgan fingerprint density at radius 2 is 2.00 bits per heavy atom. The van der Waals surface area contributed by atoms with Gasteiger partial charge in [0.05, 0.1) is 12.2 Å². The molecule has 0 aliphatic heterocycles. The van der Waals surface area contributed by atoms with Crippen LogP contribution in [0.5, 0.6) is 0 Å². The van der Waals surface area contributed by atoms with Crippen LogP contribution in [0.3, 0.4) is 0 Å². The topological polar surface area (TPSA) is 32.3 Å². The number of rotatable bonds is 6. The second-order valence-electron chi connectivity index (χ2n) is 6.15. The maximum Gasteiger partial charge on any atom is 0.238 e. The Morgan fingerprint density at radius 1 is 1.22 bits per heavy atom. The van der Waals surface area contributed by atoms with Crippen LogP contribution >= 0.6 is 0 Å². The number of benzene rings is 2. The van der Waals surface area contributed by atoms with Gasteiger partial charge in [-0.3, -0.25) is 9.69 Å². The second-order valence-corrected chi connectivity index (χ2v) is 6.15. The summed E-state index contributed by atoms with van der Waals surface area (Å²) >= 11 is 0. The SMILES string of the molecule is Cc1cccc(CN(CC(=O)Nc2ccccc2F)C2CC2)c1. The zero-order chi connectivity index (χ0) is 16.2. The summed E-state index contributed by atoms with van der Waals surface area (Å²) in [5, 5.41) is 2.66. The highest BCUT2D eigenvalue weighted by molar-refractivity contribution is 5.92. The molecule has 0 saturated heterocycles. The minimum Gasteiger partial charge on any atom is -0.322 e. The molecule has 1 aliphatic carbocycles. The van der Waals surface area contributed by atoms with E-state index < -0.39 is 5.82 Å². The van der Waals surface area contributed by atoms with Crippen LogP contribution in [0.15, 0.2) is 48.5 Å². The van der Waals surface area contributed by atoms with Crippen molar-refractivity contribution in [3.8, 4) is 0 Å². The van der Waals surface area contributed by atoms with Gasteiger partial charge in [0.25, 0.3) is 0 Å². The molecule has 1 N–H and O–H groups in total. The van der Waals surface area contributed by atoms with Crippen LogP contribution in [0.4, 0.5) is 10.1 Å². The quantitative estimate of drug-likeness (QED) is 0.881. The lowest BCUT2D eigenvalue weighted by atomic mass is 10.1. The van der Waals surface area contributed by atoms with Crippen molar-refractivity contribution in [1.29, 1.82) is 0 Å². The number of nitrogens with zero attached hydrogens (tertiary/aromatic N) is 1. The molecule has 3 nitrogen and oxygen atoms in total. The molecule has 3 rings (SSSR count). The highest BCUT2D eigenvalue weighted by Gasteiger charge is 2.30. The van der Waals surface area contributed by atoms with Crippen LogP contribution in [-0.4, -0.2) is 23.4 Å². The molecule has 0 radical (unpaired) electrons. The van der Waals surface area contributed by atoms with Crippen LogP contribution < -0.4 is 5.32 Å². The molecule has 2 aromatic carbocycles. The zero-order valence-corrected chi connectivity index (χ0v) is 13.3. The summed E-state index contributed by atoms with van der Waals surface area (Å²) in [5.41, 5.74) is 2.66. The van der Waals surface area contributed by atoms with Gasteiger partial charge in [0.1, 0.15) is 5.82 Å². The molecule has 0 bridgehead atoms. The Morgan fingerprint density at radius 3 is 2.70 bits per heavy atom. The minimum absolute atomic E-state index is 0.172. The van der Waals surface area contributed by atoms with Crippen molar-refractivity contribution in [1.82, 2.24) is 4.90 Å². The summed E-state index contributed by atoms with van der Waals surface area (Å²) in [5.74, 6) is -0.577. The van der Waals surface area contributed by atoms with Gasteiger partial charge < -0.3 is 5.32 Å². The number of aryl methyl sites for hydroxylation is 1. The van der Waals surface area contributed by atoms with Crippen molar-refractivity contribution >= 4 is 11.6 Å². The van der Waals surface area contributed by atoms with Crippen molar-refractivity contribution in [3.63, 3.8) is 0 Å². The van der Waals surface area contributed by atoms with Gasteiger partial charge in [-0.1, -0.05) is 42.0 Å². The maximum absolute atomic E-state index is 13.6. The molecule has 1 amide bonds. The number of hydrogen-bond donors (Lipinski definition) is 1. The molecule has 4 heteroatoms. The number of para-hydroxylation sites is 1. The second kappa shape index (κ2) is 6.92. The number of amides is 1. The highest BCUT2D eigenvalue weighted by atomic mass is 19.1. The molecule has 1 fully saturated rings. The monoisotopic (exact) mass is 312 g/mol. The normalized spacial score (nSPS) is 14.0. The van der Waals surface area contributed by atoms with Crippen molar-refractivity contribution in [2.75, 3.05) is 11.9 Å². The van der Waals surface area contributed by atoms with Crippen LogP contribution in [0.25, 0.3) is 0 Å². The molecule has 23 heavy (non-hydrogen) atoms. The Hall–Kier alpha value is -2.20. The van der Waals surface area contributed by atoms with E-state index in [0.29, 0.717) is 6.04 Å². The molecular formula is C19H21FN2O. The summed E-state index contributed by atoms with van der Waals surface area (Å²) in [4.78, 5) is 14.4. The number of carbonyl (C=O) groups excluding carboxylic acids is 1. The number of anilines is 1. The molecule has 120 valence electrons. The Balaban J connectivity index is 1.63. The van der Waals surface area contributed by atoms with Gasteiger partial charge in [-0.05, 0) is 37.5 Å². The third-order valence-electron chi connectivity index (χ3n) is 4.03. The molecule has 0 aromatic heterocycles. The molecule has 1 aliphatic rings. The predicted octanol–water partition coefficient (Wildman–Crippen LogP) is 3.74. The maximum atomic E-state index is 13.6. The summed E-state index contributed by atoms with van der Waals surface area (Å²) in [6, 6.07) is 15.0. The average molecular weight is 312 g/mol. The summed E-state index contributed by atoms with van der Waals surface area (Å²) < 4.78 is 13.6. The standard InChI is InChI=1S/C19H21FN2O/c1-14-5-4-6-15(11-14)12-22(16-9-10-16)13-19(23)21-18-8-3-2-7-17(18)20/h2-8,11,16H,9-10,12-13H2,1H3,(H,21,23). The lowest BCUT2D eigenvalue weighted by Crippen LogP contribution is -2.34. The molecule has 2 aromatic rings. The largest absolute Gasteiger partial charge is 0.322 e. The first-order chi connectivity index (χ1) is 11.1. The van der Waals surface area contributed by atoms with Crippen LogP contribution in [-0.2, 0) is 11.3 Å². The third-order valence-corrected chi connectivity index (χ3v) is 4.03. The van der Waals surface area contributed by atoms with E-state index in [-0.39, 0.29) is 18.1 Å². The van der Waals surface area contributed by atoms with Gasteiger partial charge in [-0.25, -0.2) is 4.39 Å². The van der Waals surface area contributed by atoms with Crippen molar-refractivity contribution < 1.29 is 9.18 Å². The highest BCUT2D eigenvalue weighted by Crippen LogP contribution is 2.28. The number of hydrogen-bond acceptors (Lipinski definition) is 2. The van der Waals surface area contributed by atoms with Gasteiger partial charge in [0.15, 0.2) is 0 Å². The molecule has 1 saturated carbocycles. The molecule has 0 unspecified atom stereocenters. The van der Waals surface area contributed by atoms with E-state index in [1.165, 1.54) is 17.2 Å². The fourth-order valence-corrected chi connectivity index (χ4v) is 2.74. The lowest BCUT2D eigenvalue weighted by molar-refractivity contribution is -0.117. The van der Waals surface area contributed by atoms with Crippen molar-refractivity contribution in [3.05, 3.63) is 65.5 Å². The predicted molar refractivity (Wildman–Crippen MR) is 89.6 cm³/mol.